The minimum Gasteiger partial charge on any atom is -0.465 e. The zero-order chi connectivity index (χ0) is 20.6. The Morgan fingerprint density at radius 3 is 2.19 bits per heavy atom. The maximum absolute atomic E-state index is 11.2. The van der Waals surface area contributed by atoms with Gasteiger partial charge >= 0.3 is 105 Å². The number of carbonyl (C=O) groups is 3. The van der Waals surface area contributed by atoms with Gasteiger partial charge in [0.2, 0.25) is 0 Å². The van der Waals surface area contributed by atoms with E-state index in [-0.39, 0.29) is 17.2 Å². The largest absolute Gasteiger partial charge is 0.465 e. The Morgan fingerprint density at radius 2 is 1.74 bits per heavy atom. The number of anilines is 1. The summed E-state index contributed by atoms with van der Waals surface area (Å²) in [5.74, 6) is -1.45. The number of amides is 1. The van der Waals surface area contributed by atoms with Crippen LogP contribution in [0.5, 0.6) is 5.75 Å². The van der Waals surface area contributed by atoms with E-state index in [4.69, 9.17) is 8.19 Å². The zero-order valence-electron chi connectivity index (χ0n) is 14.4. The Bertz CT molecular complexity index is 876. The molecule has 0 radical (unpaired) electrons. The Morgan fingerprint density at radius 1 is 1.15 bits per heavy atom. The average Bonchev–Trinajstić information content (AvgIpc) is 2.62. The van der Waals surface area contributed by atoms with Gasteiger partial charge in [-0.2, -0.15) is 0 Å². The number of esters is 1. The topological polar surface area (TPSA) is 150 Å². The molecule has 0 aliphatic rings. The number of aldehydes is 1. The van der Waals surface area contributed by atoms with Crippen molar-refractivity contribution >= 4 is 42.4 Å². The second kappa shape index (κ2) is 9.72. The fourth-order valence-electron chi connectivity index (χ4n) is 1.93. The Hall–Kier alpha value is -2.87. The van der Waals surface area contributed by atoms with Gasteiger partial charge in [0.05, 0.1) is 12.7 Å². The van der Waals surface area contributed by atoms with Crippen molar-refractivity contribution in [1.29, 1.82) is 0 Å². The molecule has 1 amide bonds. The van der Waals surface area contributed by atoms with E-state index in [2.05, 4.69) is 10.1 Å². The van der Waals surface area contributed by atoms with Crippen LogP contribution in [0.2, 0.25) is 0 Å². The zero-order valence-corrected chi connectivity index (χ0v) is 16.3. The van der Waals surface area contributed by atoms with E-state index in [0.717, 1.165) is 19.1 Å². The smallest absolute Gasteiger partial charge is 0.337 e. The number of hydrogen-bond donors (Lipinski definition) is 4. The van der Waals surface area contributed by atoms with E-state index in [1.807, 2.05) is 6.07 Å². The minimum absolute atomic E-state index is 0.0867. The number of nitrogens with one attached hydrogen (secondary N) is 1. The van der Waals surface area contributed by atoms with Gasteiger partial charge in [0.25, 0.3) is 0 Å². The van der Waals surface area contributed by atoms with Crippen molar-refractivity contribution < 1.29 is 36.2 Å². The first-order valence-corrected chi connectivity index (χ1v) is 10.8. The molecule has 2 rings (SSSR count). The van der Waals surface area contributed by atoms with E-state index in [9.17, 15) is 23.2 Å². The van der Waals surface area contributed by atoms with Gasteiger partial charge in [-0.15, -0.1) is 0 Å². The summed E-state index contributed by atoms with van der Waals surface area (Å²) < 4.78 is 33.4. The first kappa shape index (κ1) is 22.2. The standard InChI is InChI=1S/C9H10AsNO6.C8H8O2/c1-5(13)11-9-7(10(15,16)17)2-6(4-12)3-8(9)14;1-10-8(9)7-5-3-2-4-6-7/h2-4,14H,1H3,(H,11,13)(H2,15,16,17);2-6H,1H3. The third-order valence-corrected chi connectivity index (χ3v) is 5.12. The summed E-state index contributed by atoms with van der Waals surface area (Å²) in [6.07, 6.45) is 0.340. The quantitative estimate of drug-likeness (QED) is 0.228. The summed E-state index contributed by atoms with van der Waals surface area (Å²) in [6, 6.07) is 10.8. The van der Waals surface area contributed by atoms with E-state index in [0.29, 0.717) is 11.8 Å². The van der Waals surface area contributed by atoms with Crippen LogP contribution in [0.4, 0.5) is 5.69 Å². The fraction of sp³-hybridized carbons (Fsp3) is 0.118. The molecule has 0 bridgehead atoms. The maximum Gasteiger partial charge on any atom is 0.337 e. The van der Waals surface area contributed by atoms with Crippen molar-refractivity contribution in [2.45, 2.75) is 6.92 Å². The molecule has 0 fully saturated rings. The first-order valence-electron chi connectivity index (χ1n) is 7.39. The molecule has 4 N–H and O–H groups in total. The third-order valence-electron chi connectivity index (χ3n) is 3.06. The molecular formula is C17H18AsNO8. The van der Waals surface area contributed by atoms with Crippen molar-refractivity contribution in [1.82, 2.24) is 0 Å². The molecule has 0 spiro atoms. The molecule has 0 saturated heterocycles. The Labute approximate surface area is 157 Å². The van der Waals surface area contributed by atoms with Crippen molar-refractivity contribution in [2.75, 3.05) is 12.4 Å². The van der Waals surface area contributed by atoms with Gasteiger partial charge < -0.3 is 4.74 Å². The van der Waals surface area contributed by atoms with Crippen LogP contribution < -0.4 is 9.67 Å². The molecule has 0 aliphatic heterocycles. The number of ether oxygens (including phenoxy) is 1. The predicted octanol–water partition coefficient (Wildman–Crippen LogP) is 0.197. The molecule has 2 aromatic carbocycles. The first-order chi connectivity index (χ1) is 12.6. The third kappa shape index (κ3) is 6.74. The van der Waals surface area contributed by atoms with Crippen molar-refractivity contribution in [3.05, 3.63) is 53.6 Å². The van der Waals surface area contributed by atoms with E-state index < -0.39 is 30.2 Å². The summed E-state index contributed by atoms with van der Waals surface area (Å²) in [5, 5.41) is 11.6. The second-order valence-electron chi connectivity index (χ2n) is 5.13. The van der Waals surface area contributed by atoms with Gasteiger partial charge in [-0.1, -0.05) is 18.2 Å². The van der Waals surface area contributed by atoms with E-state index >= 15 is 0 Å². The molecule has 144 valence electrons. The Balaban J connectivity index is 0.000000309. The number of benzene rings is 2. The molecule has 0 aromatic heterocycles. The van der Waals surface area contributed by atoms with Crippen LogP contribution in [0.15, 0.2) is 42.5 Å². The van der Waals surface area contributed by atoms with Crippen LogP contribution >= 0.6 is 0 Å². The normalized spacial score (nSPS) is 10.2. The summed E-state index contributed by atoms with van der Waals surface area (Å²) in [6.45, 7) is 1.13. The molecular weight excluding hydrogens is 421 g/mol. The van der Waals surface area contributed by atoms with Crippen LogP contribution in [0.1, 0.15) is 27.6 Å². The number of carbonyl (C=O) groups excluding carboxylic acids is 3. The van der Waals surface area contributed by atoms with Crippen LogP contribution in [0, 0.1) is 0 Å². The van der Waals surface area contributed by atoms with Gasteiger partial charge in [0.1, 0.15) is 0 Å². The summed E-state index contributed by atoms with van der Waals surface area (Å²) >= 11 is -5.36. The SMILES string of the molecule is CC(=O)Nc1c(O)cc(C=O)cc1[As](=O)(O)O.COC(=O)c1ccccc1. The molecule has 2 aromatic rings. The minimum atomic E-state index is -5.36. The number of methoxy groups -OCH3 is 1. The number of phenolic OH excluding ortho intramolecular Hbond substituents is 1. The number of hydrogen-bond acceptors (Lipinski definition) is 6. The molecule has 0 unspecified atom stereocenters. The average molecular weight is 439 g/mol. The van der Waals surface area contributed by atoms with Gasteiger partial charge in [0, 0.05) is 0 Å². The summed E-state index contributed by atoms with van der Waals surface area (Å²) in [7, 11) is 1.37. The van der Waals surface area contributed by atoms with E-state index in [1.165, 1.54) is 7.11 Å². The fourth-order valence-corrected chi connectivity index (χ4v) is 3.56. The molecule has 9 nitrogen and oxygen atoms in total. The van der Waals surface area contributed by atoms with Crippen LogP contribution in [-0.2, 0) is 13.3 Å². The number of rotatable bonds is 4. The summed E-state index contributed by atoms with van der Waals surface area (Å²) in [5.41, 5.74) is 0.136. The molecule has 0 heterocycles. The Kier molecular flexibility index (Phi) is 7.98. The van der Waals surface area contributed by atoms with Gasteiger partial charge in [-0.25, -0.2) is 4.79 Å². The van der Waals surface area contributed by atoms with Crippen LogP contribution in [-0.4, -0.2) is 52.7 Å². The molecule has 10 heteroatoms. The van der Waals surface area contributed by atoms with E-state index in [1.54, 1.807) is 24.3 Å². The van der Waals surface area contributed by atoms with Gasteiger partial charge in [-0.3, -0.25) is 0 Å². The van der Waals surface area contributed by atoms with Crippen molar-refractivity contribution in [3.63, 3.8) is 0 Å². The van der Waals surface area contributed by atoms with Crippen molar-refractivity contribution in [3.8, 4) is 5.75 Å². The summed E-state index contributed by atoms with van der Waals surface area (Å²) in [4.78, 5) is 32.2. The number of phenols is 1. The monoisotopic (exact) mass is 439 g/mol. The molecule has 0 atom stereocenters. The maximum atomic E-state index is 11.2. The number of aromatic hydroxyl groups is 1. The van der Waals surface area contributed by atoms with Crippen LogP contribution in [0.25, 0.3) is 0 Å². The predicted molar refractivity (Wildman–Crippen MR) is 96.1 cm³/mol. The van der Waals surface area contributed by atoms with Crippen molar-refractivity contribution in [2.24, 2.45) is 0 Å². The molecule has 27 heavy (non-hydrogen) atoms. The molecule has 0 aliphatic carbocycles. The molecule has 0 saturated carbocycles. The van der Waals surface area contributed by atoms with Gasteiger partial charge in [-0.05, 0) is 12.1 Å². The van der Waals surface area contributed by atoms with Crippen LogP contribution in [0.3, 0.4) is 0 Å². The van der Waals surface area contributed by atoms with Gasteiger partial charge in [0.15, 0.2) is 0 Å². The second-order valence-corrected chi connectivity index (χ2v) is 8.43.